The number of aliphatic hydroxyl groups is 1. The molecule has 0 aromatic heterocycles. The van der Waals surface area contributed by atoms with Crippen LogP contribution < -0.4 is 25.0 Å². The number of nitrogens with zero attached hydrogens (tertiary/aromatic N) is 1. The van der Waals surface area contributed by atoms with Gasteiger partial charge in [0.2, 0.25) is 0 Å². The first-order chi connectivity index (χ1) is 18.0. The van der Waals surface area contributed by atoms with Gasteiger partial charge in [0.15, 0.2) is 5.37 Å². The summed E-state index contributed by atoms with van der Waals surface area (Å²) in [6.45, 7) is 1.82. The molecule has 1 fully saturated rings. The molecular formula is C28H31N3O5S. The van der Waals surface area contributed by atoms with Crippen molar-refractivity contribution < 1.29 is 24.2 Å². The van der Waals surface area contributed by atoms with Gasteiger partial charge in [-0.15, -0.1) is 0 Å². The molecule has 2 atom stereocenters. The van der Waals surface area contributed by atoms with Crippen molar-refractivity contribution in [2.45, 2.75) is 24.5 Å². The molecule has 3 aromatic carbocycles. The summed E-state index contributed by atoms with van der Waals surface area (Å²) >= 11 is 0.981. The predicted molar refractivity (Wildman–Crippen MR) is 145 cm³/mol. The predicted octanol–water partition coefficient (Wildman–Crippen LogP) is 3.58. The van der Waals surface area contributed by atoms with Crippen LogP contribution in [0, 0.1) is 0 Å². The first kappa shape index (κ1) is 26.5. The summed E-state index contributed by atoms with van der Waals surface area (Å²) in [4.78, 5) is 25.1. The van der Waals surface area contributed by atoms with E-state index in [9.17, 15) is 14.7 Å². The zero-order valence-corrected chi connectivity index (χ0v) is 21.4. The summed E-state index contributed by atoms with van der Waals surface area (Å²) in [6, 6.07) is 25.2. The Morgan fingerprint density at radius 1 is 0.946 bits per heavy atom. The van der Waals surface area contributed by atoms with Crippen LogP contribution in [0.4, 0.5) is 10.5 Å². The number of thioether (sulfide) groups is 1. The molecule has 0 radical (unpaired) electrons. The number of anilines is 1. The van der Waals surface area contributed by atoms with Gasteiger partial charge in [-0.3, -0.25) is 14.9 Å². The average Bonchev–Trinajstić information content (AvgIpc) is 3.27. The summed E-state index contributed by atoms with van der Waals surface area (Å²) in [5.41, 5.74) is 3.10. The lowest BCUT2D eigenvalue weighted by atomic mass is 10.1. The Morgan fingerprint density at radius 2 is 1.62 bits per heavy atom. The highest BCUT2D eigenvalue weighted by molar-refractivity contribution is 8.15. The van der Waals surface area contributed by atoms with Gasteiger partial charge in [-0.05, 0) is 72.3 Å². The molecule has 2 amide bonds. The third-order valence-corrected chi connectivity index (χ3v) is 6.92. The Morgan fingerprint density at radius 3 is 2.27 bits per heavy atom. The normalized spacial score (nSPS) is 15.8. The van der Waals surface area contributed by atoms with E-state index in [1.807, 2.05) is 78.9 Å². The van der Waals surface area contributed by atoms with Crippen molar-refractivity contribution in [3.8, 4) is 11.5 Å². The number of rotatable bonds is 13. The highest BCUT2D eigenvalue weighted by Crippen LogP contribution is 2.26. The lowest BCUT2D eigenvalue weighted by Gasteiger charge is -2.23. The van der Waals surface area contributed by atoms with Crippen molar-refractivity contribution in [1.82, 2.24) is 10.6 Å². The first-order valence-corrected chi connectivity index (χ1v) is 13.0. The van der Waals surface area contributed by atoms with Crippen LogP contribution in [-0.4, -0.2) is 54.5 Å². The first-order valence-electron chi connectivity index (χ1n) is 12.1. The summed E-state index contributed by atoms with van der Waals surface area (Å²) in [6.07, 6.45) is 0.155. The molecule has 0 aliphatic carbocycles. The second-order valence-electron chi connectivity index (χ2n) is 8.69. The Hall–Kier alpha value is -3.53. The largest absolute Gasteiger partial charge is 0.491 e. The van der Waals surface area contributed by atoms with Gasteiger partial charge in [0.05, 0.1) is 0 Å². The minimum Gasteiger partial charge on any atom is -0.491 e. The van der Waals surface area contributed by atoms with Crippen LogP contribution in [0.25, 0.3) is 0 Å². The molecule has 194 valence electrons. The average molecular weight is 522 g/mol. The molecule has 3 aromatic rings. The van der Waals surface area contributed by atoms with E-state index in [0.717, 1.165) is 40.7 Å². The third-order valence-electron chi connectivity index (χ3n) is 5.85. The standard InChI is InChI=1S/C28H31N3O5S/c1-31(27-26(33)30-28(34)37-27)22-9-7-20(8-10-22)15-16-29-17-23(32)19-36-25-13-11-24(12-14-25)35-18-21-5-3-2-4-6-21/h2-14,23,27,29,32H,15-19H2,1H3,(H,30,33,34). The minimum absolute atomic E-state index is 0.188. The fourth-order valence-electron chi connectivity index (χ4n) is 3.76. The Balaban J connectivity index is 1.11. The highest BCUT2D eigenvalue weighted by Gasteiger charge is 2.34. The van der Waals surface area contributed by atoms with E-state index in [-0.39, 0.29) is 17.8 Å². The molecule has 0 bridgehead atoms. The summed E-state index contributed by atoms with van der Waals surface area (Å²) in [5.74, 6) is 1.14. The highest BCUT2D eigenvalue weighted by atomic mass is 32.2. The summed E-state index contributed by atoms with van der Waals surface area (Å²) < 4.78 is 11.5. The maximum atomic E-state index is 11.9. The lowest BCUT2D eigenvalue weighted by Crippen LogP contribution is -2.36. The Kier molecular flexibility index (Phi) is 9.42. The molecule has 0 saturated carbocycles. The van der Waals surface area contributed by atoms with Crippen LogP contribution in [0.5, 0.6) is 11.5 Å². The number of carbonyl (C=O) groups excluding carboxylic acids is 2. The van der Waals surface area contributed by atoms with Gasteiger partial charge in [-0.2, -0.15) is 0 Å². The second kappa shape index (κ2) is 13.1. The van der Waals surface area contributed by atoms with Crippen molar-refractivity contribution in [3.05, 3.63) is 90.0 Å². The van der Waals surface area contributed by atoms with Crippen molar-refractivity contribution in [2.75, 3.05) is 31.6 Å². The van der Waals surface area contributed by atoms with Crippen LogP contribution in [0.15, 0.2) is 78.9 Å². The van der Waals surface area contributed by atoms with E-state index < -0.39 is 11.5 Å². The SMILES string of the molecule is CN(c1ccc(CCNCC(O)COc2ccc(OCc3ccccc3)cc2)cc1)C1SC(=O)NC1=O. The van der Waals surface area contributed by atoms with Gasteiger partial charge >= 0.3 is 0 Å². The van der Waals surface area contributed by atoms with E-state index >= 15 is 0 Å². The molecule has 4 rings (SSSR count). The molecular weight excluding hydrogens is 490 g/mol. The number of aliphatic hydroxyl groups excluding tert-OH is 1. The molecule has 3 N–H and O–H groups in total. The zero-order chi connectivity index (χ0) is 26.0. The fourth-order valence-corrected chi connectivity index (χ4v) is 4.57. The van der Waals surface area contributed by atoms with E-state index in [1.165, 1.54) is 0 Å². The topological polar surface area (TPSA) is 100 Å². The second-order valence-corrected chi connectivity index (χ2v) is 9.74. The number of nitrogens with one attached hydrogen (secondary N) is 2. The van der Waals surface area contributed by atoms with Gasteiger partial charge in [0.25, 0.3) is 11.1 Å². The molecule has 0 spiro atoms. The van der Waals surface area contributed by atoms with Crippen LogP contribution in [0.2, 0.25) is 0 Å². The molecule has 9 heteroatoms. The number of ether oxygens (including phenoxy) is 2. The van der Waals surface area contributed by atoms with Crippen molar-refractivity contribution in [2.24, 2.45) is 0 Å². The van der Waals surface area contributed by atoms with Crippen LogP contribution in [0.1, 0.15) is 11.1 Å². The van der Waals surface area contributed by atoms with E-state index in [2.05, 4.69) is 10.6 Å². The number of carbonyl (C=O) groups is 2. The van der Waals surface area contributed by atoms with E-state index in [0.29, 0.717) is 25.4 Å². The molecule has 8 nitrogen and oxygen atoms in total. The van der Waals surface area contributed by atoms with E-state index in [4.69, 9.17) is 9.47 Å². The van der Waals surface area contributed by atoms with Crippen molar-refractivity contribution >= 4 is 28.6 Å². The molecule has 2 unspecified atom stereocenters. The smallest absolute Gasteiger partial charge is 0.288 e. The van der Waals surface area contributed by atoms with E-state index in [1.54, 1.807) is 11.9 Å². The van der Waals surface area contributed by atoms with Gasteiger partial charge < -0.3 is 24.8 Å². The maximum absolute atomic E-state index is 11.9. The monoisotopic (exact) mass is 521 g/mol. The molecule has 1 heterocycles. The number of hydrogen-bond acceptors (Lipinski definition) is 8. The number of amides is 2. The summed E-state index contributed by atoms with van der Waals surface area (Å²) in [7, 11) is 1.80. The number of benzene rings is 3. The lowest BCUT2D eigenvalue weighted by molar-refractivity contribution is -0.118. The molecule has 37 heavy (non-hydrogen) atoms. The molecule has 1 aliphatic heterocycles. The number of hydrogen-bond donors (Lipinski definition) is 3. The van der Waals surface area contributed by atoms with Crippen LogP contribution >= 0.6 is 11.8 Å². The Bertz CT molecular complexity index is 1160. The van der Waals surface area contributed by atoms with Crippen LogP contribution in [0.3, 0.4) is 0 Å². The van der Waals surface area contributed by atoms with Crippen molar-refractivity contribution in [3.63, 3.8) is 0 Å². The zero-order valence-electron chi connectivity index (χ0n) is 20.6. The van der Waals surface area contributed by atoms with Gasteiger partial charge in [0, 0.05) is 19.3 Å². The fraction of sp³-hybridized carbons (Fsp3) is 0.286. The van der Waals surface area contributed by atoms with Crippen LogP contribution in [-0.2, 0) is 17.8 Å². The third kappa shape index (κ3) is 7.98. The number of imide groups is 1. The quantitative estimate of drug-likeness (QED) is 0.294. The molecule has 1 aliphatic rings. The maximum Gasteiger partial charge on any atom is 0.288 e. The summed E-state index contributed by atoms with van der Waals surface area (Å²) in [5, 5.41) is 14.9. The minimum atomic E-state index is -0.636. The molecule has 1 saturated heterocycles. The Labute approximate surface area is 221 Å². The van der Waals surface area contributed by atoms with Gasteiger partial charge in [-0.25, -0.2) is 0 Å². The van der Waals surface area contributed by atoms with Gasteiger partial charge in [0.1, 0.15) is 30.8 Å². The van der Waals surface area contributed by atoms with Gasteiger partial charge in [-0.1, -0.05) is 42.5 Å². The number of likely N-dealkylation sites (N-methyl/N-ethyl adjacent to an activating group) is 1. The van der Waals surface area contributed by atoms with Crippen molar-refractivity contribution in [1.29, 1.82) is 0 Å².